The predicted octanol–water partition coefficient (Wildman–Crippen LogP) is 4.07. The van der Waals surface area contributed by atoms with Gasteiger partial charge in [-0.1, -0.05) is 34.1 Å². The number of ether oxygens (including phenoxy) is 1. The van der Waals surface area contributed by atoms with Crippen molar-refractivity contribution >= 4 is 45.4 Å². The zero-order chi connectivity index (χ0) is 28.1. The van der Waals surface area contributed by atoms with Gasteiger partial charge in [0.15, 0.2) is 0 Å². The highest BCUT2D eigenvalue weighted by atomic mass is 79.9. The number of hydrogen-bond donors (Lipinski definition) is 2. The first-order chi connectivity index (χ1) is 18.4. The van der Waals surface area contributed by atoms with Crippen molar-refractivity contribution < 1.29 is 23.9 Å². The lowest BCUT2D eigenvalue weighted by Gasteiger charge is -2.30. The van der Waals surface area contributed by atoms with Gasteiger partial charge in [0, 0.05) is 34.7 Å². The molecular weight excluding hydrogens is 564 g/mol. The van der Waals surface area contributed by atoms with E-state index in [2.05, 4.69) is 21.2 Å². The number of aryl methyl sites for hydroxylation is 1. The highest BCUT2D eigenvalue weighted by Crippen LogP contribution is 2.46. The number of carbonyl (C=O) groups is 4. The normalized spacial score (nSPS) is 21.1. The van der Waals surface area contributed by atoms with E-state index in [0.29, 0.717) is 30.1 Å². The maximum absolute atomic E-state index is 13.7. The summed E-state index contributed by atoms with van der Waals surface area (Å²) in [4.78, 5) is 55.3. The summed E-state index contributed by atoms with van der Waals surface area (Å²) >= 11 is 3.44. The summed E-state index contributed by atoms with van der Waals surface area (Å²) in [5, 5.41) is 2.79. The average Bonchev–Trinajstić information content (AvgIpc) is 3.63. The molecule has 10 heteroatoms. The molecule has 2 aliphatic carbocycles. The monoisotopic (exact) mass is 596 g/mol. The third-order valence-corrected chi connectivity index (χ3v) is 8.41. The van der Waals surface area contributed by atoms with Crippen molar-refractivity contribution in [2.75, 3.05) is 11.9 Å². The number of nitrogens with zero attached hydrogens (tertiary/aromatic N) is 2. The van der Waals surface area contributed by atoms with Crippen LogP contribution in [0.4, 0.5) is 10.5 Å². The molecule has 0 bridgehead atoms. The van der Waals surface area contributed by atoms with E-state index in [1.165, 1.54) is 0 Å². The number of halogens is 1. The van der Waals surface area contributed by atoms with Gasteiger partial charge in [-0.05, 0) is 81.3 Å². The smallest absolute Gasteiger partial charge is 0.418 e. The number of imide groups is 1. The first-order valence-corrected chi connectivity index (χ1v) is 14.0. The summed E-state index contributed by atoms with van der Waals surface area (Å²) in [6, 6.07) is 12.9. The molecule has 0 radical (unpaired) electrons. The minimum Gasteiger partial charge on any atom is -0.427 e. The van der Waals surface area contributed by atoms with Crippen LogP contribution in [0.15, 0.2) is 46.9 Å². The Morgan fingerprint density at radius 2 is 1.90 bits per heavy atom. The van der Waals surface area contributed by atoms with Gasteiger partial charge in [0.1, 0.15) is 6.54 Å². The molecule has 39 heavy (non-hydrogen) atoms. The van der Waals surface area contributed by atoms with Gasteiger partial charge in [-0.2, -0.15) is 0 Å². The molecule has 1 saturated heterocycles. The van der Waals surface area contributed by atoms with E-state index in [-0.39, 0.29) is 30.8 Å². The first-order valence-electron chi connectivity index (χ1n) is 13.2. The minimum atomic E-state index is -1.46. The predicted molar refractivity (Wildman–Crippen MR) is 148 cm³/mol. The van der Waals surface area contributed by atoms with Gasteiger partial charge in [-0.3, -0.25) is 14.4 Å². The van der Waals surface area contributed by atoms with Crippen LogP contribution in [-0.2, 0) is 37.7 Å². The molecule has 3 aliphatic rings. The molecule has 1 unspecified atom stereocenters. The Labute approximate surface area is 236 Å². The van der Waals surface area contributed by atoms with Gasteiger partial charge in [0.25, 0.3) is 5.91 Å². The summed E-state index contributed by atoms with van der Waals surface area (Å²) in [5.41, 5.74) is 6.28. The molecule has 2 fully saturated rings. The Bertz CT molecular complexity index is 1330. The fourth-order valence-corrected chi connectivity index (χ4v) is 5.59. The van der Waals surface area contributed by atoms with Gasteiger partial charge in [0.05, 0.1) is 5.54 Å². The maximum atomic E-state index is 13.7. The third-order valence-electron chi connectivity index (χ3n) is 7.88. The van der Waals surface area contributed by atoms with Crippen LogP contribution in [0.3, 0.4) is 0 Å². The Balaban J connectivity index is 1.34. The molecule has 2 aromatic carbocycles. The topological polar surface area (TPSA) is 122 Å². The molecule has 1 heterocycles. The van der Waals surface area contributed by atoms with Crippen LogP contribution in [-0.4, -0.2) is 51.7 Å². The Morgan fingerprint density at radius 1 is 1.21 bits per heavy atom. The first kappa shape index (κ1) is 27.3. The summed E-state index contributed by atoms with van der Waals surface area (Å²) in [5.74, 6) is -0.739. The quantitative estimate of drug-likeness (QED) is 0.473. The highest BCUT2D eigenvalue weighted by molar-refractivity contribution is 9.10. The van der Waals surface area contributed by atoms with E-state index in [4.69, 9.17) is 10.5 Å². The number of fused-ring (bicyclic) bond motifs is 2. The molecule has 1 aliphatic heterocycles. The van der Waals surface area contributed by atoms with Crippen LogP contribution >= 0.6 is 15.9 Å². The molecule has 5 rings (SSSR count). The summed E-state index contributed by atoms with van der Waals surface area (Å²) in [7, 11) is 0. The molecule has 4 amide bonds. The van der Waals surface area contributed by atoms with Crippen molar-refractivity contribution in [2.24, 2.45) is 11.7 Å². The zero-order valence-electron chi connectivity index (χ0n) is 22.3. The van der Waals surface area contributed by atoms with Gasteiger partial charge >= 0.3 is 6.09 Å². The fourth-order valence-electron chi connectivity index (χ4n) is 5.33. The van der Waals surface area contributed by atoms with Crippen molar-refractivity contribution in [3.8, 4) is 0 Å². The summed E-state index contributed by atoms with van der Waals surface area (Å²) in [6.45, 7) is 5.27. The van der Waals surface area contributed by atoms with Crippen LogP contribution in [0.25, 0.3) is 0 Å². The number of anilines is 1. The van der Waals surface area contributed by atoms with E-state index < -0.39 is 23.1 Å². The number of benzene rings is 2. The molecule has 1 spiro atoms. The minimum absolute atomic E-state index is 0.0110. The van der Waals surface area contributed by atoms with Crippen molar-refractivity contribution in [1.29, 1.82) is 0 Å². The number of carbonyl (C=O) groups excluding carboxylic acids is 4. The largest absolute Gasteiger partial charge is 0.427 e. The molecule has 2 aromatic rings. The van der Waals surface area contributed by atoms with Crippen LogP contribution in [0.1, 0.15) is 56.7 Å². The highest BCUT2D eigenvalue weighted by Gasteiger charge is 2.58. The van der Waals surface area contributed by atoms with Crippen molar-refractivity contribution in [2.45, 2.75) is 70.2 Å². The second-order valence-electron chi connectivity index (χ2n) is 11.4. The average molecular weight is 598 g/mol. The fraction of sp³-hybridized carbons (Fsp3) is 0.448. The Hall–Kier alpha value is -3.24. The van der Waals surface area contributed by atoms with Crippen LogP contribution in [0.5, 0.6) is 0 Å². The molecule has 0 aromatic heterocycles. The van der Waals surface area contributed by atoms with Gasteiger partial charge in [-0.25, -0.2) is 9.69 Å². The number of hydrogen-bond acceptors (Lipinski definition) is 6. The molecular formula is C29H33BrN4O5. The molecule has 206 valence electrons. The number of nitrogens with two attached hydrogens (primary N) is 1. The molecule has 3 N–H and O–H groups in total. The van der Waals surface area contributed by atoms with E-state index in [0.717, 1.165) is 33.3 Å². The van der Waals surface area contributed by atoms with Crippen molar-refractivity contribution in [3.63, 3.8) is 0 Å². The lowest BCUT2D eigenvalue weighted by molar-refractivity contribution is -0.143. The van der Waals surface area contributed by atoms with Crippen LogP contribution in [0.2, 0.25) is 0 Å². The van der Waals surface area contributed by atoms with Crippen LogP contribution < -0.4 is 11.1 Å². The third kappa shape index (κ3) is 5.32. The molecule has 2 atom stereocenters. The van der Waals surface area contributed by atoms with Gasteiger partial charge in [0.2, 0.25) is 17.4 Å². The van der Waals surface area contributed by atoms with Crippen LogP contribution in [0, 0.1) is 5.92 Å². The summed E-state index contributed by atoms with van der Waals surface area (Å²) in [6.07, 6.45) is 2.06. The maximum Gasteiger partial charge on any atom is 0.418 e. The lowest BCUT2D eigenvalue weighted by Crippen LogP contribution is -2.47. The van der Waals surface area contributed by atoms with Gasteiger partial charge < -0.3 is 20.7 Å². The van der Waals surface area contributed by atoms with E-state index >= 15 is 0 Å². The second-order valence-corrected chi connectivity index (χ2v) is 12.3. The van der Waals surface area contributed by atoms with E-state index in [1.54, 1.807) is 36.9 Å². The van der Waals surface area contributed by atoms with E-state index in [9.17, 15) is 19.2 Å². The lowest BCUT2D eigenvalue weighted by atomic mass is 9.94. The second kappa shape index (κ2) is 10.1. The zero-order valence-corrected chi connectivity index (χ0v) is 23.9. The molecule has 1 saturated carbocycles. The Kier molecular flexibility index (Phi) is 7.05. The van der Waals surface area contributed by atoms with Crippen molar-refractivity contribution in [1.82, 2.24) is 9.80 Å². The number of amides is 4. The van der Waals surface area contributed by atoms with Crippen molar-refractivity contribution in [3.05, 3.63) is 63.6 Å². The summed E-state index contributed by atoms with van der Waals surface area (Å²) < 4.78 is 6.67. The van der Waals surface area contributed by atoms with E-state index in [1.807, 2.05) is 31.2 Å². The molecule has 9 nitrogen and oxygen atoms in total. The Morgan fingerprint density at radius 3 is 2.54 bits per heavy atom. The SMILES string of the molecule is CC(C1CC1)N(Cc1ccc(Br)cc1)C(=O)CN1C(=O)O[C@@]2(CCc3cc(NC(=O)C(C)(C)N)ccc32)C1=O. The standard InChI is InChI=1S/C29H33BrN4O5/c1-17(19-6-7-19)33(15-18-4-8-21(30)9-5-18)24(35)16-34-26(37)29(39-27(34)38)13-12-20-14-22(10-11-23(20)29)32-25(36)28(2,3)31/h4-5,8-11,14,17,19H,6-7,12-13,15-16,31H2,1-3H3,(H,32,36)/t17?,29-/m1/s1. The number of rotatable bonds is 8. The number of nitrogens with one attached hydrogen (secondary N) is 1. The van der Waals surface area contributed by atoms with Gasteiger partial charge in [-0.15, -0.1) is 0 Å².